The molecule has 1 aliphatic rings. The standard InChI is InChI=1S/C14H15NO5/c1-3-20-11(16)7-8-15-12-9(13(17)14(15)18)5-4-6-10(12)19-2/h4-6H,3,7-8H2,1-2H3. The summed E-state index contributed by atoms with van der Waals surface area (Å²) in [7, 11) is 1.46. The van der Waals surface area contributed by atoms with Crippen molar-refractivity contribution in [3.05, 3.63) is 23.8 Å². The molecule has 1 amide bonds. The van der Waals surface area contributed by atoms with Crippen molar-refractivity contribution < 1.29 is 23.9 Å². The van der Waals surface area contributed by atoms with E-state index in [0.717, 1.165) is 0 Å². The van der Waals surface area contributed by atoms with Gasteiger partial charge in [0.15, 0.2) is 0 Å². The van der Waals surface area contributed by atoms with E-state index in [-0.39, 0.29) is 19.6 Å². The van der Waals surface area contributed by atoms with Crippen LogP contribution in [-0.4, -0.2) is 37.9 Å². The first-order chi connectivity index (χ1) is 9.60. The molecule has 0 unspecified atom stereocenters. The number of ketones is 1. The minimum absolute atomic E-state index is 0.0321. The van der Waals surface area contributed by atoms with Crippen LogP contribution in [0.3, 0.4) is 0 Å². The Morgan fingerprint density at radius 2 is 2.05 bits per heavy atom. The number of rotatable bonds is 5. The number of hydrogen-bond donors (Lipinski definition) is 0. The molecule has 1 aromatic rings. The largest absolute Gasteiger partial charge is 0.495 e. The van der Waals surface area contributed by atoms with Gasteiger partial charge >= 0.3 is 5.97 Å². The number of para-hydroxylation sites is 1. The molecule has 0 bridgehead atoms. The Labute approximate surface area is 116 Å². The summed E-state index contributed by atoms with van der Waals surface area (Å²) in [6.45, 7) is 2.09. The first-order valence-electron chi connectivity index (χ1n) is 6.29. The van der Waals surface area contributed by atoms with Crippen LogP contribution in [0.2, 0.25) is 0 Å². The molecule has 0 aliphatic carbocycles. The number of amides is 1. The minimum atomic E-state index is -0.645. The zero-order valence-corrected chi connectivity index (χ0v) is 11.3. The summed E-state index contributed by atoms with van der Waals surface area (Å²) in [5, 5.41) is 0. The molecule has 0 saturated heterocycles. The number of benzene rings is 1. The highest BCUT2D eigenvalue weighted by molar-refractivity contribution is 6.52. The Hall–Kier alpha value is -2.37. The van der Waals surface area contributed by atoms with Gasteiger partial charge in [0.25, 0.3) is 11.7 Å². The third kappa shape index (κ3) is 2.36. The molecule has 0 aromatic heterocycles. The second kappa shape index (κ2) is 5.73. The Bertz CT molecular complexity index is 567. The number of Topliss-reactive ketones (excluding diaryl/α,β-unsaturated/α-hetero) is 1. The van der Waals surface area contributed by atoms with Crippen molar-refractivity contribution in [3.8, 4) is 5.75 Å². The van der Waals surface area contributed by atoms with Crippen molar-refractivity contribution in [2.24, 2.45) is 0 Å². The quantitative estimate of drug-likeness (QED) is 0.597. The first kappa shape index (κ1) is 14.0. The molecule has 0 fully saturated rings. The van der Waals surface area contributed by atoms with E-state index < -0.39 is 17.7 Å². The molecule has 6 heteroatoms. The van der Waals surface area contributed by atoms with Gasteiger partial charge in [-0.1, -0.05) is 6.07 Å². The fourth-order valence-corrected chi connectivity index (χ4v) is 2.14. The van der Waals surface area contributed by atoms with E-state index in [1.54, 1.807) is 25.1 Å². The van der Waals surface area contributed by atoms with E-state index in [9.17, 15) is 14.4 Å². The van der Waals surface area contributed by atoms with Crippen LogP contribution in [0.4, 0.5) is 5.69 Å². The van der Waals surface area contributed by atoms with Crippen LogP contribution in [-0.2, 0) is 14.3 Å². The van der Waals surface area contributed by atoms with Gasteiger partial charge in [0.05, 0.1) is 31.4 Å². The Morgan fingerprint density at radius 1 is 1.30 bits per heavy atom. The van der Waals surface area contributed by atoms with Gasteiger partial charge < -0.3 is 14.4 Å². The molecule has 0 atom stereocenters. The summed E-state index contributed by atoms with van der Waals surface area (Å²) in [4.78, 5) is 36.5. The SMILES string of the molecule is CCOC(=O)CCN1C(=O)C(=O)c2cccc(OC)c21. The number of esters is 1. The van der Waals surface area contributed by atoms with Gasteiger partial charge in [0.1, 0.15) is 5.75 Å². The van der Waals surface area contributed by atoms with Gasteiger partial charge in [-0.25, -0.2) is 0 Å². The number of carbonyl (C=O) groups is 3. The van der Waals surface area contributed by atoms with Crippen molar-refractivity contribution in [1.29, 1.82) is 0 Å². The second-order valence-electron chi connectivity index (χ2n) is 4.20. The summed E-state index contributed by atoms with van der Waals surface area (Å²) < 4.78 is 9.99. The smallest absolute Gasteiger partial charge is 0.307 e. The number of methoxy groups -OCH3 is 1. The number of fused-ring (bicyclic) bond motifs is 1. The lowest BCUT2D eigenvalue weighted by molar-refractivity contribution is -0.142. The average Bonchev–Trinajstić information content (AvgIpc) is 2.69. The van der Waals surface area contributed by atoms with Crippen LogP contribution < -0.4 is 9.64 Å². The maximum atomic E-state index is 12.0. The molecule has 1 aliphatic heterocycles. The molecule has 20 heavy (non-hydrogen) atoms. The van der Waals surface area contributed by atoms with Crippen molar-refractivity contribution in [1.82, 2.24) is 0 Å². The highest BCUT2D eigenvalue weighted by Gasteiger charge is 2.38. The Morgan fingerprint density at radius 3 is 2.70 bits per heavy atom. The molecule has 6 nitrogen and oxygen atoms in total. The zero-order chi connectivity index (χ0) is 14.7. The van der Waals surface area contributed by atoms with Gasteiger partial charge in [0, 0.05) is 6.54 Å². The molecule has 1 aromatic carbocycles. The lowest BCUT2D eigenvalue weighted by Gasteiger charge is -2.18. The minimum Gasteiger partial charge on any atom is -0.495 e. The molecular weight excluding hydrogens is 262 g/mol. The van der Waals surface area contributed by atoms with Gasteiger partial charge in [-0.2, -0.15) is 0 Å². The van der Waals surface area contributed by atoms with Gasteiger partial charge in [-0.3, -0.25) is 14.4 Å². The highest BCUT2D eigenvalue weighted by Crippen LogP contribution is 2.37. The van der Waals surface area contributed by atoms with Crippen LogP contribution in [0.15, 0.2) is 18.2 Å². The lowest BCUT2D eigenvalue weighted by atomic mass is 10.1. The predicted molar refractivity (Wildman–Crippen MR) is 70.9 cm³/mol. The van der Waals surface area contributed by atoms with E-state index in [2.05, 4.69) is 0 Å². The Kier molecular flexibility index (Phi) is 4.02. The summed E-state index contributed by atoms with van der Waals surface area (Å²) in [5.41, 5.74) is 0.729. The van der Waals surface area contributed by atoms with E-state index in [1.165, 1.54) is 12.0 Å². The van der Waals surface area contributed by atoms with Crippen molar-refractivity contribution in [3.63, 3.8) is 0 Å². The molecule has 0 spiro atoms. The van der Waals surface area contributed by atoms with E-state index >= 15 is 0 Å². The zero-order valence-electron chi connectivity index (χ0n) is 11.3. The Balaban J connectivity index is 2.25. The highest BCUT2D eigenvalue weighted by atomic mass is 16.5. The summed E-state index contributed by atoms with van der Waals surface area (Å²) in [6.07, 6.45) is 0.0321. The predicted octanol–water partition coefficient (Wildman–Crippen LogP) is 1.18. The third-order valence-corrected chi connectivity index (χ3v) is 3.02. The second-order valence-corrected chi connectivity index (χ2v) is 4.20. The average molecular weight is 277 g/mol. The summed E-state index contributed by atoms with van der Waals surface area (Å²) >= 11 is 0. The summed E-state index contributed by atoms with van der Waals surface area (Å²) in [6, 6.07) is 4.89. The maximum Gasteiger partial charge on any atom is 0.307 e. The molecular formula is C14H15NO5. The van der Waals surface area contributed by atoms with E-state index in [1.807, 2.05) is 0 Å². The maximum absolute atomic E-state index is 12.0. The van der Waals surface area contributed by atoms with Crippen molar-refractivity contribution in [2.45, 2.75) is 13.3 Å². The van der Waals surface area contributed by atoms with E-state index in [4.69, 9.17) is 9.47 Å². The fourth-order valence-electron chi connectivity index (χ4n) is 2.14. The van der Waals surface area contributed by atoms with Crippen molar-refractivity contribution in [2.75, 3.05) is 25.2 Å². The lowest BCUT2D eigenvalue weighted by Crippen LogP contribution is -2.32. The van der Waals surface area contributed by atoms with Crippen LogP contribution >= 0.6 is 0 Å². The first-order valence-corrected chi connectivity index (χ1v) is 6.29. The molecule has 1 heterocycles. The van der Waals surface area contributed by atoms with Crippen LogP contribution in [0.25, 0.3) is 0 Å². The van der Waals surface area contributed by atoms with Crippen LogP contribution in [0.5, 0.6) is 5.75 Å². The normalized spacial score (nSPS) is 13.4. The van der Waals surface area contributed by atoms with Crippen LogP contribution in [0, 0.1) is 0 Å². The van der Waals surface area contributed by atoms with Gasteiger partial charge in [0.2, 0.25) is 0 Å². The number of anilines is 1. The summed E-state index contributed by atoms with van der Waals surface area (Å²) in [5.74, 6) is -1.20. The number of ether oxygens (including phenoxy) is 2. The van der Waals surface area contributed by atoms with Gasteiger partial charge in [-0.05, 0) is 19.1 Å². The van der Waals surface area contributed by atoms with Gasteiger partial charge in [-0.15, -0.1) is 0 Å². The number of hydrogen-bond acceptors (Lipinski definition) is 5. The molecule has 106 valence electrons. The molecule has 0 radical (unpaired) electrons. The fraction of sp³-hybridized carbons (Fsp3) is 0.357. The molecule has 2 rings (SSSR count). The molecule has 0 saturated carbocycles. The molecule has 0 N–H and O–H groups in total. The number of carbonyl (C=O) groups excluding carboxylic acids is 3. The number of nitrogens with zero attached hydrogens (tertiary/aromatic N) is 1. The topological polar surface area (TPSA) is 72.9 Å². The monoisotopic (exact) mass is 277 g/mol. The van der Waals surface area contributed by atoms with Crippen LogP contribution in [0.1, 0.15) is 23.7 Å². The third-order valence-electron chi connectivity index (χ3n) is 3.02. The van der Waals surface area contributed by atoms with Crippen molar-refractivity contribution >= 4 is 23.3 Å². The van der Waals surface area contributed by atoms with E-state index in [0.29, 0.717) is 17.0 Å².